The fourth-order valence-corrected chi connectivity index (χ4v) is 1.57. The molecule has 0 aromatic heterocycles. The van der Waals surface area contributed by atoms with Crippen molar-refractivity contribution in [2.45, 2.75) is 47.0 Å². The lowest BCUT2D eigenvalue weighted by Crippen LogP contribution is -2.22. The summed E-state index contributed by atoms with van der Waals surface area (Å²) in [5.41, 5.74) is 0.536. The van der Waals surface area contributed by atoms with Gasteiger partial charge >= 0.3 is 0 Å². The molecular weight excluding hydrogens is 215 g/mol. The molecule has 17 heavy (non-hydrogen) atoms. The highest BCUT2D eigenvalue weighted by Gasteiger charge is 2.27. The normalized spacial score (nSPS) is 12.6. The molecule has 0 aliphatic carbocycles. The zero-order chi connectivity index (χ0) is 13.4. The van der Waals surface area contributed by atoms with E-state index >= 15 is 0 Å². The number of benzene rings is 1. The summed E-state index contributed by atoms with van der Waals surface area (Å²) in [6, 6.07) is 4.82. The zero-order valence-corrected chi connectivity index (χ0v) is 11.5. The van der Waals surface area contributed by atoms with E-state index < -0.39 is 11.2 Å². The van der Waals surface area contributed by atoms with Crippen LogP contribution in [0.25, 0.3) is 0 Å². The minimum atomic E-state index is -0.558. The topological polar surface area (TPSA) is 17.1 Å². The Kier molecular flexibility index (Phi) is 3.47. The molecule has 1 nitrogen and oxygen atoms in total. The van der Waals surface area contributed by atoms with E-state index in [0.717, 1.165) is 5.56 Å². The molecule has 0 atom stereocenters. The molecule has 1 aromatic carbocycles. The maximum absolute atomic E-state index is 13.7. The van der Waals surface area contributed by atoms with Gasteiger partial charge in [0.2, 0.25) is 0 Å². The predicted molar refractivity (Wildman–Crippen MR) is 68.9 cm³/mol. The summed E-state index contributed by atoms with van der Waals surface area (Å²) in [4.78, 5) is 12.1. The summed E-state index contributed by atoms with van der Waals surface area (Å²) in [7, 11) is 0. The van der Waals surface area contributed by atoms with Crippen LogP contribution >= 0.6 is 0 Å². The van der Waals surface area contributed by atoms with Crippen molar-refractivity contribution in [3.8, 4) is 0 Å². The van der Waals surface area contributed by atoms with Gasteiger partial charge in [0, 0.05) is 5.41 Å². The minimum absolute atomic E-state index is 0.0827. The second-order valence-corrected chi connectivity index (χ2v) is 6.52. The first-order valence-corrected chi connectivity index (χ1v) is 5.88. The van der Waals surface area contributed by atoms with Crippen LogP contribution in [0.2, 0.25) is 0 Å². The van der Waals surface area contributed by atoms with Gasteiger partial charge in [0.25, 0.3) is 0 Å². The van der Waals surface area contributed by atoms with Crippen molar-refractivity contribution in [3.63, 3.8) is 0 Å². The smallest absolute Gasteiger partial charge is 0.171 e. The zero-order valence-electron chi connectivity index (χ0n) is 11.5. The molecule has 0 spiro atoms. The van der Waals surface area contributed by atoms with E-state index in [1.807, 2.05) is 20.8 Å². The lowest BCUT2D eigenvalue weighted by Gasteiger charge is -2.22. The molecule has 1 rings (SSSR count). The van der Waals surface area contributed by atoms with E-state index in [2.05, 4.69) is 0 Å². The van der Waals surface area contributed by atoms with Gasteiger partial charge in [-0.2, -0.15) is 0 Å². The van der Waals surface area contributed by atoms with Crippen LogP contribution in [0.15, 0.2) is 18.2 Å². The molecule has 0 fully saturated rings. The first-order valence-electron chi connectivity index (χ1n) is 5.88. The number of ketones is 1. The monoisotopic (exact) mass is 236 g/mol. The van der Waals surface area contributed by atoms with Gasteiger partial charge in [-0.1, -0.05) is 47.6 Å². The number of carbonyl (C=O) groups excluding carboxylic acids is 1. The standard InChI is InChI=1S/C15H21FO/c1-14(2,3)10-7-8-12(16)11(9-10)13(17)15(4,5)6/h7-9H,1-6H3. The van der Waals surface area contributed by atoms with E-state index in [1.54, 1.807) is 32.9 Å². The molecule has 0 radical (unpaired) electrons. The summed E-state index contributed by atoms with van der Waals surface area (Å²) in [6.45, 7) is 11.6. The lowest BCUT2D eigenvalue weighted by atomic mass is 9.82. The van der Waals surface area contributed by atoms with Crippen LogP contribution in [0, 0.1) is 11.2 Å². The molecule has 94 valence electrons. The highest BCUT2D eigenvalue weighted by atomic mass is 19.1. The van der Waals surface area contributed by atoms with Gasteiger partial charge in [0.1, 0.15) is 5.82 Å². The Morgan fingerprint density at radius 1 is 1.06 bits per heavy atom. The van der Waals surface area contributed by atoms with Crippen LogP contribution in [0.1, 0.15) is 57.5 Å². The average molecular weight is 236 g/mol. The van der Waals surface area contributed by atoms with E-state index in [0.29, 0.717) is 0 Å². The Morgan fingerprint density at radius 2 is 1.59 bits per heavy atom. The van der Waals surface area contributed by atoms with Crippen LogP contribution in [-0.2, 0) is 5.41 Å². The highest BCUT2D eigenvalue weighted by molar-refractivity contribution is 6.00. The van der Waals surface area contributed by atoms with Gasteiger partial charge in [0.15, 0.2) is 5.78 Å². The molecule has 0 saturated heterocycles. The molecule has 1 aromatic rings. The molecule has 0 aliphatic heterocycles. The molecule has 0 amide bonds. The van der Waals surface area contributed by atoms with Crippen LogP contribution in [-0.4, -0.2) is 5.78 Å². The molecule has 0 N–H and O–H groups in total. The molecule has 2 heteroatoms. The Bertz CT molecular complexity index is 433. The van der Waals surface area contributed by atoms with Gasteiger partial charge in [-0.25, -0.2) is 4.39 Å². The Morgan fingerprint density at radius 3 is 2.00 bits per heavy atom. The van der Waals surface area contributed by atoms with Gasteiger partial charge in [-0.3, -0.25) is 4.79 Å². The maximum Gasteiger partial charge on any atom is 0.171 e. The Hall–Kier alpha value is -1.18. The molecular formula is C15H21FO. The maximum atomic E-state index is 13.7. The van der Waals surface area contributed by atoms with E-state index in [4.69, 9.17) is 0 Å². The number of carbonyl (C=O) groups is 1. The minimum Gasteiger partial charge on any atom is -0.293 e. The van der Waals surface area contributed by atoms with E-state index in [-0.39, 0.29) is 16.8 Å². The van der Waals surface area contributed by atoms with Gasteiger partial charge in [0.05, 0.1) is 5.56 Å². The first kappa shape index (κ1) is 13.9. The summed E-state index contributed by atoms with van der Waals surface area (Å²) >= 11 is 0. The van der Waals surface area contributed by atoms with Crippen molar-refractivity contribution < 1.29 is 9.18 Å². The van der Waals surface area contributed by atoms with Crippen molar-refractivity contribution in [2.75, 3.05) is 0 Å². The number of rotatable bonds is 1. The van der Waals surface area contributed by atoms with E-state index in [9.17, 15) is 9.18 Å². The van der Waals surface area contributed by atoms with Crippen LogP contribution in [0.4, 0.5) is 4.39 Å². The molecule has 0 unspecified atom stereocenters. The summed E-state index contributed by atoms with van der Waals surface area (Å²) in [5, 5.41) is 0. The van der Waals surface area contributed by atoms with Crippen molar-refractivity contribution in [1.82, 2.24) is 0 Å². The van der Waals surface area contributed by atoms with Crippen molar-refractivity contribution >= 4 is 5.78 Å². The van der Waals surface area contributed by atoms with Crippen LogP contribution in [0.3, 0.4) is 0 Å². The second-order valence-electron chi connectivity index (χ2n) is 6.52. The highest BCUT2D eigenvalue weighted by Crippen LogP contribution is 2.28. The average Bonchev–Trinajstić information content (AvgIpc) is 2.14. The fourth-order valence-electron chi connectivity index (χ4n) is 1.57. The molecule has 0 heterocycles. The summed E-state index contributed by atoms with van der Waals surface area (Å²) in [6.07, 6.45) is 0. The van der Waals surface area contributed by atoms with Crippen LogP contribution in [0.5, 0.6) is 0 Å². The molecule has 0 saturated carbocycles. The molecule has 0 aliphatic rings. The summed E-state index contributed by atoms with van der Waals surface area (Å²) < 4.78 is 13.7. The van der Waals surface area contributed by atoms with E-state index in [1.165, 1.54) is 6.07 Å². The Balaban J connectivity index is 3.30. The number of halogens is 1. The third-order valence-electron chi connectivity index (χ3n) is 2.76. The fraction of sp³-hybridized carbons (Fsp3) is 0.533. The van der Waals surface area contributed by atoms with Gasteiger partial charge < -0.3 is 0 Å². The largest absolute Gasteiger partial charge is 0.293 e. The van der Waals surface area contributed by atoms with Gasteiger partial charge in [-0.15, -0.1) is 0 Å². The van der Waals surface area contributed by atoms with Crippen LogP contribution < -0.4 is 0 Å². The first-order chi connectivity index (χ1) is 7.53. The van der Waals surface area contributed by atoms with Crippen molar-refractivity contribution in [3.05, 3.63) is 35.1 Å². The summed E-state index contributed by atoms with van der Waals surface area (Å²) in [5.74, 6) is -0.584. The number of Topliss-reactive ketones (excluding diaryl/α,β-unsaturated/α-hetero) is 1. The second kappa shape index (κ2) is 4.25. The number of hydrogen-bond acceptors (Lipinski definition) is 1. The Labute approximate surface area is 103 Å². The number of hydrogen-bond donors (Lipinski definition) is 0. The third kappa shape index (κ3) is 3.15. The van der Waals surface area contributed by atoms with Crippen molar-refractivity contribution in [2.24, 2.45) is 5.41 Å². The SMILES string of the molecule is CC(C)(C)C(=O)c1cc(C(C)(C)C)ccc1F. The lowest BCUT2D eigenvalue weighted by molar-refractivity contribution is 0.0853. The van der Waals surface area contributed by atoms with Crippen molar-refractivity contribution in [1.29, 1.82) is 0 Å². The predicted octanol–water partition coefficient (Wildman–Crippen LogP) is 4.35. The molecule has 0 bridgehead atoms. The quantitative estimate of drug-likeness (QED) is 0.662. The van der Waals surface area contributed by atoms with Gasteiger partial charge in [-0.05, 0) is 23.1 Å². The third-order valence-corrected chi connectivity index (χ3v) is 2.76.